The van der Waals surface area contributed by atoms with Gasteiger partial charge in [0.1, 0.15) is 0 Å². The molecule has 0 unspecified atom stereocenters. The van der Waals surface area contributed by atoms with Crippen molar-refractivity contribution in [2.45, 2.75) is 4.90 Å². The number of hydrogen-bond donors (Lipinski definition) is 1. The average molecular weight is 693 g/mol. The van der Waals surface area contributed by atoms with Crippen molar-refractivity contribution in [3.05, 3.63) is 209 Å². The summed E-state index contributed by atoms with van der Waals surface area (Å²) >= 11 is 0. The van der Waals surface area contributed by atoms with E-state index in [1.165, 1.54) is 12.1 Å². The van der Waals surface area contributed by atoms with E-state index < -0.39 is 10.1 Å². The Balaban J connectivity index is 1.35. The fourth-order valence-electron chi connectivity index (χ4n) is 6.85. The van der Waals surface area contributed by atoms with Crippen molar-refractivity contribution in [2.24, 2.45) is 20.0 Å². The van der Waals surface area contributed by atoms with E-state index >= 15 is 0 Å². The molecule has 9 rings (SSSR count). The van der Waals surface area contributed by atoms with Gasteiger partial charge in [0.2, 0.25) is 0 Å². The third-order valence-corrected chi connectivity index (χ3v) is 10.0. The summed E-state index contributed by atoms with van der Waals surface area (Å²) in [6, 6.07) is 36.4. The second kappa shape index (κ2) is 12.6. The third-order valence-electron chi connectivity index (χ3n) is 9.17. The normalized spacial score (nSPS) is 17.7. The number of benzene rings is 4. The Morgan fingerprint density at radius 3 is 1.54 bits per heavy atom. The molecular weight excluding hydrogens is 665 g/mol. The van der Waals surface area contributed by atoms with E-state index in [0.717, 1.165) is 56.2 Å². The van der Waals surface area contributed by atoms with Gasteiger partial charge in [-0.15, -0.1) is 0 Å². The first-order chi connectivity index (χ1) is 25.4. The first kappa shape index (κ1) is 31.4. The lowest BCUT2D eigenvalue weighted by Gasteiger charge is -2.14. The first-order valence-corrected chi connectivity index (χ1v) is 18.1. The fourth-order valence-corrected chi connectivity index (χ4v) is 7.38. The maximum atomic E-state index is 12.2. The predicted octanol–water partition coefficient (Wildman–Crippen LogP) is 8.94. The Hall–Kier alpha value is -6.61. The number of nitrogens with zero attached hydrogens (tertiary/aromatic N) is 4. The van der Waals surface area contributed by atoms with E-state index in [9.17, 15) is 13.0 Å². The molecule has 248 valence electrons. The van der Waals surface area contributed by atoms with Gasteiger partial charge in [-0.2, -0.15) is 8.42 Å². The maximum absolute atomic E-state index is 12.2. The summed E-state index contributed by atoms with van der Waals surface area (Å²) in [7, 11) is -4.46. The zero-order valence-corrected chi connectivity index (χ0v) is 28.4. The minimum absolute atomic E-state index is 0.203. The Kier molecular flexibility index (Phi) is 7.61. The van der Waals surface area contributed by atoms with Crippen molar-refractivity contribution < 1.29 is 13.0 Å². The summed E-state index contributed by atoms with van der Waals surface area (Å²) in [6.07, 6.45) is 15.9. The van der Waals surface area contributed by atoms with E-state index in [0.29, 0.717) is 34.0 Å². The van der Waals surface area contributed by atoms with E-state index in [-0.39, 0.29) is 4.90 Å². The average Bonchev–Trinajstić information content (AvgIpc) is 4.00. The van der Waals surface area contributed by atoms with Gasteiger partial charge >= 0.3 is 0 Å². The van der Waals surface area contributed by atoms with Crippen LogP contribution in [0.2, 0.25) is 0 Å². The van der Waals surface area contributed by atoms with Crippen LogP contribution in [0.3, 0.4) is 0 Å². The standard InChI is InChI=1S/C44H28N4O3S/c49-52(50,51)34-18-10-17-31(25-34)35-27-33-26-32-19-20-36(45-32)41(28-11-4-1-5-12-28)37-21-22-38(47-37)42(29-13-6-2-7-14-29)39-23-24-40(48-39)43(44(35)46-33)30-15-8-3-9-16-30/h1-27H,(H,49,50,51). The molecule has 52 heavy (non-hydrogen) atoms. The molecule has 0 atom stereocenters. The molecule has 0 saturated heterocycles. The molecular formula is C44H28N4O3S. The summed E-state index contributed by atoms with van der Waals surface area (Å²) in [5, 5.41) is 0. The molecule has 0 aliphatic carbocycles. The second-order valence-corrected chi connectivity index (χ2v) is 13.9. The molecule has 8 bridgehead atoms. The van der Waals surface area contributed by atoms with E-state index in [4.69, 9.17) is 20.0 Å². The molecule has 7 nitrogen and oxygen atoms in total. The Labute approximate surface area is 301 Å². The van der Waals surface area contributed by atoms with Gasteiger partial charge in [-0.25, -0.2) is 20.0 Å². The molecule has 0 spiro atoms. The van der Waals surface area contributed by atoms with Gasteiger partial charge in [0.25, 0.3) is 10.1 Å². The van der Waals surface area contributed by atoms with Crippen molar-refractivity contribution in [3.8, 4) is 0 Å². The van der Waals surface area contributed by atoms with Crippen molar-refractivity contribution in [2.75, 3.05) is 0 Å². The summed E-state index contributed by atoms with van der Waals surface area (Å²) < 4.78 is 34.4. The lowest BCUT2D eigenvalue weighted by Crippen LogP contribution is -2.07. The van der Waals surface area contributed by atoms with Crippen LogP contribution in [0.25, 0.3) is 22.3 Å². The topological polar surface area (TPSA) is 104 Å². The van der Waals surface area contributed by atoms with Gasteiger partial charge < -0.3 is 0 Å². The number of rotatable bonds is 5. The van der Waals surface area contributed by atoms with Crippen LogP contribution in [0.1, 0.15) is 22.3 Å². The summed E-state index contributed by atoms with van der Waals surface area (Å²) in [4.78, 5) is 20.6. The molecule has 5 aliphatic heterocycles. The monoisotopic (exact) mass is 692 g/mol. The van der Waals surface area contributed by atoms with Crippen LogP contribution in [-0.2, 0) is 10.1 Å². The van der Waals surface area contributed by atoms with Gasteiger partial charge in [0, 0.05) is 22.3 Å². The van der Waals surface area contributed by atoms with Gasteiger partial charge in [-0.05, 0) is 83.0 Å². The molecule has 0 fully saturated rings. The van der Waals surface area contributed by atoms with Crippen molar-refractivity contribution in [1.29, 1.82) is 0 Å². The summed E-state index contributed by atoms with van der Waals surface area (Å²) in [5.41, 5.74) is 12.4. The lowest BCUT2D eigenvalue weighted by atomic mass is 9.91. The number of hydrogen-bond acceptors (Lipinski definition) is 6. The minimum Gasteiger partial charge on any atom is -0.282 e. The predicted molar refractivity (Wildman–Crippen MR) is 210 cm³/mol. The van der Waals surface area contributed by atoms with E-state index in [2.05, 4.69) is 24.3 Å². The number of fused-ring (bicyclic) bond motifs is 4. The molecule has 0 aromatic heterocycles. The molecule has 5 heterocycles. The van der Waals surface area contributed by atoms with Crippen LogP contribution in [0.15, 0.2) is 212 Å². The zero-order chi connectivity index (χ0) is 35.2. The quantitative estimate of drug-likeness (QED) is 0.211. The summed E-state index contributed by atoms with van der Waals surface area (Å²) in [5.74, 6) is 0. The maximum Gasteiger partial charge on any atom is 0.294 e. The highest BCUT2D eigenvalue weighted by molar-refractivity contribution is 7.85. The van der Waals surface area contributed by atoms with Crippen LogP contribution in [0.5, 0.6) is 0 Å². The van der Waals surface area contributed by atoms with E-state index in [1.54, 1.807) is 6.07 Å². The zero-order valence-electron chi connectivity index (χ0n) is 27.5. The lowest BCUT2D eigenvalue weighted by molar-refractivity contribution is 0.483. The van der Waals surface area contributed by atoms with Crippen LogP contribution in [0, 0.1) is 0 Å². The fraction of sp³-hybridized carbons (Fsp3) is 0. The molecule has 0 radical (unpaired) electrons. The van der Waals surface area contributed by atoms with Gasteiger partial charge in [0.15, 0.2) is 0 Å². The number of allylic oxidation sites excluding steroid dienone is 12. The third kappa shape index (κ3) is 5.76. The molecule has 0 saturated carbocycles. The minimum atomic E-state index is -4.46. The first-order valence-electron chi connectivity index (χ1n) is 16.7. The van der Waals surface area contributed by atoms with Crippen molar-refractivity contribution in [1.82, 2.24) is 0 Å². The van der Waals surface area contributed by atoms with Gasteiger partial charge in [0.05, 0.1) is 50.5 Å². The molecule has 5 aliphatic rings. The van der Waals surface area contributed by atoms with Gasteiger partial charge in [-0.1, -0.05) is 103 Å². The SMILES string of the molecule is O=S(=O)(O)c1cccc(C2=CC3=CC4=NC(=C(c5ccccc5)C5=NC(=C(c6ccccc6)C6=NC(=C(c7ccccc7)C2=N3)C=C6)C=C5)C=C4)c1. The highest BCUT2D eigenvalue weighted by Gasteiger charge is 2.29. The highest BCUT2D eigenvalue weighted by atomic mass is 32.2. The number of aliphatic imine (C=N–C) groups is 4. The largest absolute Gasteiger partial charge is 0.294 e. The van der Waals surface area contributed by atoms with Gasteiger partial charge in [-0.3, -0.25) is 4.55 Å². The van der Waals surface area contributed by atoms with Crippen molar-refractivity contribution >= 4 is 55.3 Å². The van der Waals surface area contributed by atoms with Crippen molar-refractivity contribution in [3.63, 3.8) is 0 Å². The Morgan fingerprint density at radius 1 is 0.462 bits per heavy atom. The smallest absolute Gasteiger partial charge is 0.282 e. The second-order valence-electron chi connectivity index (χ2n) is 12.5. The van der Waals surface area contributed by atoms with Crippen LogP contribution in [-0.4, -0.2) is 35.8 Å². The molecule has 1 N–H and O–H groups in total. The molecule has 8 heteroatoms. The van der Waals surface area contributed by atoms with Crippen LogP contribution < -0.4 is 0 Å². The molecule has 4 aromatic carbocycles. The Morgan fingerprint density at radius 2 is 0.962 bits per heavy atom. The van der Waals surface area contributed by atoms with Crippen LogP contribution >= 0.6 is 0 Å². The molecule has 0 amide bonds. The van der Waals surface area contributed by atoms with E-state index in [1.807, 2.05) is 121 Å². The summed E-state index contributed by atoms with van der Waals surface area (Å²) in [6.45, 7) is 0. The Bertz CT molecular complexity index is 2700. The molecule has 4 aromatic rings. The van der Waals surface area contributed by atoms with Crippen LogP contribution in [0.4, 0.5) is 0 Å². The highest BCUT2D eigenvalue weighted by Crippen LogP contribution is 2.39.